The van der Waals surface area contributed by atoms with Gasteiger partial charge in [-0.15, -0.1) is 0 Å². The minimum Gasteiger partial charge on any atom is -0.544 e. The monoisotopic (exact) mass is 376 g/mol. The maximum Gasteiger partial charge on any atom is 0.230 e. The Labute approximate surface area is 157 Å². The van der Waals surface area contributed by atoms with Crippen molar-refractivity contribution in [3.63, 3.8) is 0 Å². The molecule has 0 spiro atoms. The largest absolute Gasteiger partial charge is 0.544 e. The van der Waals surface area contributed by atoms with Crippen LogP contribution in [0.4, 0.5) is 5.69 Å². The zero-order valence-electron chi connectivity index (χ0n) is 14.4. The number of anilines is 1. The average Bonchev–Trinajstić information content (AvgIpc) is 2.62. The van der Waals surface area contributed by atoms with Gasteiger partial charge in [-0.3, -0.25) is 4.79 Å². The van der Waals surface area contributed by atoms with E-state index in [1.54, 1.807) is 23.5 Å². The minimum absolute atomic E-state index is 0.215. The number of quaternary nitrogens is 1. The van der Waals surface area contributed by atoms with Crippen LogP contribution in [0.3, 0.4) is 0 Å². The fourth-order valence-corrected chi connectivity index (χ4v) is 2.71. The Hall–Kier alpha value is -2.57. The summed E-state index contributed by atoms with van der Waals surface area (Å²) in [6, 6.07) is 13.6. The quantitative estimate of drug-likeness (QED) is 0.670. The van der Waals surface area contributed by atoms with Crippen LogP contribution in [0.15, 0.2) is 48.5 Å². The number of carboxylic acids is 1. The van der Waals surface area contributed by atoms with Crippen molar-refractivity contribution < 1.29 is 24.7 Å². The highest BCUT2D eigenvalue weighted by Gasteiger charge is 2.19. The van der Waals surface area contributed by atoms with Gasteiger partial charge in [-0.05, 0) is 23.8 Å². The number of benzene rings is 2. The lowest BCUT2D eigenvalue weighted by Gasteiger charge is -2.17. The molecule has 0 aromatic heterocycles. The number of nitrogens with one attached hydrogen (secondary N) is 1. The maximum atomic E-state index is 12.2. The van der Waals surface area contributed by atoms with E-state index in [2.05, 4.69) is 5.32 Å². The second-order valence-electron chi connectivity index (χ2n) is 5.78. The minimum atomic E-state index is -1.27. The van der Waals surface area contributed by atoms with Crippen molar-refractivity contribution in [2.24, 2.45) is 0 Å². The molecule has 0 aliphatic heterocycles. The molecule has 7 heteroatoms. The van der Waals surface area contributed by atoms with E-state index in [9.17, 15) is 14.7 Å². The highest BCUT2D eigenvalue weighted by atomic mass is 35.5. The predicted molar refractivity (Wildman–Crippen MR) is 97.0 cm³/mol. The van der Waals surface area contributed by atoms with Crippen LogP contribution in [0.2, 0.25) is 5.02 Å². The molecule has 2 aromatic carbocycles. The Bertz CT molecular complexity index is 752. The van der Waals surface area contributed by atoms with Gasteiger partial charge < -0.3 is 25.3 Å². The first-order valence-corrected chi connectivity index (χ1v) is 8.59. The van der Waals surface area contributed by atoms with E-state index in [-0.39, 0.29) is 6.42 Å². The Morgan fingerprint density at radius 2 is 1.96 bits per heavy atom. The Morgan fingerprint density at radius 1 is 1.23 bits per heavy atom. The Balaban J connectivity index is 1.91. The molecule has 0 heterocycles. The summed E-state index contributed by atoms with van der Waals surface area (Å²) >= 11 is 5.92. The van der Waals surface area contributed by atoms with Crippen LogP contribution in [-0.4, -0.2) is 31.6 Å². The van der Waals surface area contributed by atoms with Crippen molar-refractivity contribution >= 4 is 29.2 Å². The molecule has 138 valence electrons. The number of halogens is 1. The van der Waals surface area contributed by atoms with Crippen LogP contribution in [0.1, 0.15) is 12.0 Å². The first-order valence-electron chi connectivity index (χ1n) is 8.21. The second-order valence-corrected chi connectivity index (χ2v) is 6.22. The van der Waals surface area contributed by atoms with Crippen LogP contribution in [-0.2, 0) is 16.0 Å². The van der Waals surface area contributed by atoms with Gasteiger partial charge in [-0.1, -0.05) is 41.9 Å². The SMILES string of the molecule is COc1ccc(Cl)cc1NC(=O)C[C@@H]([NH2+]CCc1ccccc1)C(=O)[O-]. The first-order chi connectivity index (χ1) is 12.5. The molecule has 0 bridgehead atoms. The number of aliphatic carboxylic acids is 1. The Kier molecular flexibility index (Phi) is 7.44. The van der Waals surface area contributed by atoms with E-state index in [4.69, 9.17) is 16.3 Å². The summed E-state index contributed by atoms with van der Waals surface area (Å²) in [7, 11) is 1.47. The molecule has 0 fully saturated rings. The van der Waals surface area contributed by atoms with E-state index < -0.39 is 17.9 Å². The topological polar surface area (TPSA) is 95.1 Å². The van der Waals surface area contributed by atoms with Crippen molar-refractivity contribution in [3.05, 3.63) is 59.1 Å². The first kappa shape index (κ1) is 19.8. The van der Waals surface area contributed by atoms with E-state index in [1.165, 1.54) is 7.11 Å². The fraction of sp³-hybridized carbons (Fsp3) is 0.263. The summed E-state index contributed by atoms with van der Waals surface area (Å²) in [5.41, 5.74) is 1.50. The normalized spacial score (nSPS) is 11.6. The van der Waals surface area contributed by atoms with Gasteiger partial charge >= 0.3 is 0 Å². The van der Waals surface area contributed by atoms with Crippen molar-refractivity contribution in [1.82, 2.24) is 0 Å². The molecule has 0 saturated heterocycles. The van der Waals surface area contributed by atoms with Gasteiger partial charge in [0.05, 0.1) is 31.7 Å². The van der Waals surface area contributed by atoms with Gasteiger partial charge in [0.25, 0.3) is 0 Å². The number of carboxylic acid groups (broad SMARTS) is 1. The van der Waals surface area contributed by atoms with Gasteiger partial charge in [-0.2, -0.15) is 0 Å². The Morgan fingerprint density at radius 3 is 2.62 bits per heavy atom. The molecule has 0 aliphatic rings. The molecule has 6 nitrogen and oxygen atoms in total. The number of methoxy groups -OCH3 is 1. The summed E-state index contributed by atoms with van der Waals surface area (Å²) in [5, 5.41) is 16.0. The van der Waals surface area contributed by atoms with Gasteiger partial charge in [0.2, 0.25) is 5.91 Å². The van der Waals surface area contributed by atoms with Crippen LogP contribution in [0.5, 0.6) is 5.75 Å². The van der Waals surface area contributed by atoms with Gasteiger partial charge in [0.15, 0.2) is 0 Å². The van der Waals surface area contributed by atoms with E-state index in [0.717, 1.165) is 5.56 Å². The highest BCUT2D eigenvalue weighted by Crippen LogP contribution is 2.27. The fourth-order valence-electron chi connectivity index (χ4n) is 2.54. The maximum absolute atomic E-state index is 12.2. The molecule has 3 N–H and O–H groups in total. The number of carbonyl (C=O) groups excluding carboxylic acids is 2. The molecule has 0 aliphatic carbocycles. The summed E-state index contributed by atoms with van der Waals surface area (Å²) < 4.78 is 5.16. The standard InChI is InChI=1S/C19H21ClN2O4/c1-26-17-8-7-14(20)11-15(17)22-18(23)12-16(19(24)25)21-10-9-13-5-3-2-4-6-13/h2-8,11,16,21H,9-10,12H2,1H3,(H,22,23)(H,24,25)/t16-/m1/s1. The molecule has 1 atom stereocenters. The average molecular weight is 377 g/mol. The number of ether oxygens (including phenoxy) is 1. The third kappa shape index (κ3) is 6.06. The molecule has 0 saturated carbocycles. The summed E-state index contributed by atoms with van der Waals surface area (Å²) in [6.07, 6.45) is 0.487. The summed E-state index contributed by atoms with van der Waals surface area (Å²) in [6.45, 7) is 0.538. The van der Waals surface area contributed by atoms with Crippen LogP contribution in [0, 0.1) is 0 Å². The molecule has 26 heavy (non-hydrogen) atoms. The summed E-state index contributed by atoms with van der Waals surface area (Å²) in [4.78, 5) is 23.6. The van der Waals surface area contributed by atoms with Crippen molar-refractivity contribution in [2.75, 3.05) is 19.0 Å². The zero-order chi connectivity index (χ0) is 18.9. The molecular formula is C19H21ClN2O4. The lowest BCUT2D eigenvalue weighted by atomic mass is 10.1. The van der Waals surface area contributed by atoms with Crippen LogP contribution in [0.25, 0.3) is 0 Å². The molecule has 1 amide bonds. The highest BCUT2D eigenvalue weighted by molar-refractivity contribution is 6.31. The number of hydrogen-bond donors (Lipinski definition) is 2. The molecule has 2 aromatic rings. The smallest absolute Gasteiger partial charge is 0.230 e. The van der Waals surface area contributed by atoms with Gasteiger partial charge in [0.1, 0.15) is 11.8 Å². The summed E-state index contributed by atoms with van der Waals surface area (Å²) in [5.74, 6) is -1.28. The predicted octanol–water partition coefficient (Wildman–Crippen LogP) is 0.602. The molecule has 0 radical (unpaired) electrons. The number of amides is 1. The van der Waals surface area contributed by atoms with Gasteiger partial charge in [0, 0.05) is 11.4 Å². The lowest BCUT2D eigenvalue weighted by Crippen LogP contribution is -2.93. The van der Waals surface area contributed by atoms with Crippen molar-refractivity contribution in [1.29, 1.82) is 0 Å². The van der Waals surface area contributed by atoms with Crippen LogP contribution >= 0.6 is 11.6 Å². The van der Waals surface area contributed by atoms with Gasteiger partial charge in [-0.25, -0.2) is 0 Å². The zero-order valence-corrected chi connectivity index (χ0v) is 15.2. The number of nitrogens with two attached hydrogens (primary N) is 1. The number of carbonyl (C=O) groups is 2. The number of hydrogen-bond acceptors (Lipinski definition) is 4. The third-order valence-corrected chi connectivity index (χ3v) is 4.11. The lowest BCUT2D eigenvalue weighted by molar-refractivity contribution is -0.682. The van der Waals surface area contributed by atoms with Crippen LogP contribution < -0.4 is 20.5 Å². The van der Waals surface area contributed by atoms with Crippen molar-refractivity contribution in [2.45, 2.75) is 18.9 Å². The van der Waals surface area contributed by atoms with Crippen molar-refractivity contribution in [3.8, 4) is 5.75 Å². The van der Waals surface area contributed by atoms with E-state index in [0.29, 0.717) is 29.4 Å². The molecule has 0 unspecified atom stereocenters. The number of rotatable bonds is 9. The van der Waals surface area contributed by atoms with E-state index in [1.807, 2.05) is 30.3 Å². The van der Waals surface area contributed by atoms with E-state index >= 15 is 0 Å². The second kappa shape index (κ2) is 9.79. The molecule has 2 rings (SSSR count). The third-order valence-electron chi connectivity index (χ3n) is 3.87. The molecular weight excluding hydrogens is 356 g/mol.